The van der Waals surface area contributed by atoms with Crippen molar-refractivity contribution in [2.45, 2.75) is 55.9 Å². The third kappa shape index (κ3) is 5.32. The Morgan fingerprint density at radius 2 is 1.79 bits per heavy atom. The molecule has 2 aromatic heterocycles. The third-order valence-corrected chi connectivity index (χ3v) is 9.10. The van der Waals surface area contributed by atoms with Gasteiger partial charge in [-0.05, 0) is 87.1 Å². The maximum Gasteiger partial charge on any atom is 0.424 e. The fraction of sp³-hybridized carbons (Fsp3) is 0.353. The highest BCUT2D eigenvalue weighted by molar-refractivity contribution is 6.00. The van der Waals surface area contributed by atoms with E-state index in [9.17, 15) is 32.3 Å². The number of amides is 2. The number of carbonyl (C=O) groups excluding carboxylic acids is 2. The van der Waals surface area contributed by atoms with Crippen LogP contribution in [-0.4, -0.2) is 52.3 Å². The monoisotopic (exact) mass is 650 g/mol. The lowest BCUT2D eigenvalue weighted by atomic mass is 9.76. The summed E-state index contributed by atoms with van der Waals surface area (Å²) in [6.45, 7) is 0.267. The molecule has 3 aliphatic rings. The van der Waals surface area contributed by atoms with Crippen LogP contribution >= 0.6 is 0 Å². The number of carbonyl (C=O) groups is 2. The maximum atomic E-state index is 14.9. The molecule has 0 bridgehead atoms. The number of nitrogens with two attached hydrogens (primary N) is 1. The number of aliphatic hydroxyl groups is 1. The Bertz CT molecular complexity index is 1930. The number of primary amides is 1. The van der Waals surface area contributed by atoms with E-state index < -0.39 is 47.1 Å². The zero-order chi connectivity index (χ0) is 33.3. The van der Waals surface area contributed by atoms with Gasteiger partial charge in [0.15, 0.2) is 0 Å². The molecule has 0 unspecified atom stereocenters. The van der Waals surface area contributed by atoms with E-state index in [0.29, 0.717) is 29.5 Å². The van der Waals surface area contributed by atoms with Crippen molar-refractivity contribution >= 4 is 22.7 Å². The van der Waals surface area contributed by atoms with Crippen molar-refractivity contribution in [1.82, 2.24) is 15.3 Å². The highest BCUT2D eigenvalue weighted by Crippen LogP contribution is 2.56. The van der Waals surface area contributed by atoms with Crippen LogP contribution < -0.4 is 20.5 Å². The van der Waals surface area contributed by atoms with E-state index in [1.54, 1.807) is 19.1 Å². The van der Waals surface area contributed by atoms with E-state index in [1.807, 2.05) is 0 Å². The van der Waals surface area contributed by atoms with Crippen LogP contribution in [0, 0.1) is 18.7 Å². The molecule has 47 heavy (non-hydrogen) atoms. The fourth-order valence-corrected chi connectivity index (χ4v) is 6.14. The number of rotatable bonds is 9. The number of fused-ring (bicyclic) bond motifs is 2. The molecule has 2 saturated carbocycles. The number of ether oxygens (including phenoxy) is 2. The van der Waals surface area contributed by atoms with Crippen molar-refractivity contribution in [3.05, 3.63) is 82.9 Å². The van der Waals surface area contributed by atoms with E-state index >= 15 is 0 Å². The Hall–Kier alpha value is -4.78. The summed E-state index contributed by atoms with van der Waals surface area (Å²) in [5.41, 5.74) is 1.18. The molecule has 244 valence electrons. The first-order valence-electron chi connectivity index (χ1n) is 15.2. The van der Waals surface area contributed by atoms with Gasteiger partial charge >= 0.3 is 6.18 Å². The van der Waals surface area contributed by atoms with Crippen LogP contribution in [0.1, 0.15) is 53.0 Å². The first-order chi connectivity index (χ1) is 22.3. The highest BCUT2D eigenvalue weighted by Gasteiger charge is 2.60. The Morgan fingerprint density at radius 1 is 1.06 bits per heavy atom. The second-order valence-corrected chi connectivity index (χ2v) is 12.5. The van der Waals surface area contributed by atoms with Crippen LogP contribution in [0.5, 0.6) is 11.5 Å². The second-order valence-electron chi connectivity index (χ2n) is 12.5. The van der Waals surface area contributed by atoms with Gasteiger partial charge in [0.1, 0.15) is 40.5 Å². The van der Waals surface area contributed by atoms with E-state index in [2.05, 4.69) is 15.3 Å². The Labute approximate surface area is 266 Å². The average molecular weight is 651 g/mol. The maximum absolute atomic E-state index is 14.9. The van der Waals surface area contributed by atoms with Crippen molar-refractivity contribution in [3.63, 3.8) is 0 Å². The van der Waals surface area contributed by atoms with Crippen molar-refractivity contribution in [3.8, 4) is 22.8 Å². The number of hydrogen-bond acceptors (Lipinski definition) is 7. The number of hydrogen-bond donors (Lipinski definition) is 3. The lowest BCUT2D eigenvalue weighted by molar-refractivity contribution is -0.265. The van der Waals surface area contributed by atoms with E-state index in [0.717, 1.165) is 36.7 Å². The molecule has 13 heteroatoms. The smallest absolute Gasteiger partial charge is 0.424 e. The molecular weight excluding hydrogens is 620 g/mol. The molecule has 2 aromatic carbocycles. The van der Waals surface area contributed by atoms with Gasteiger partial charge in [-0.15, -0.1) is 0 Å². The quantitative estimate of drug-likeness (QED) is 0.217. The number of benzene rings is 2. The molecule has 2 fully saturated rings. The van der Waals surface area contributed by atoms with Crippen molar-refractivity contribution < 1.29 is 41.7 Å². The van der Waals surface area contributed by atoms with Crippen LogP contribution in [0.25, 0.3) is 22.2 Å². The molecular formula is C34H30F4N4O5. The van der Waals surface area contributed by atoms with Crippen LogP contribution in [-0.2, 0) is 15.8 Å². The summed E-state index contributed by atoms with van der Waals surface area (Å²) in [5, 5.41) is 14.2. The van der Waals surface area contributed by atoms with Gasteiger partial charge in [-0.25, -0.2) is 14.4 Å². The van der Waals surface area contributed by atoms with Gasteiger partial charge < -0.3 is 25.6 Å². The van der Waals surface area contributed by atoms with Gasteiger partial charge in [0.2, 0.25) is 11.5 Å². The number of alkyl halides is 3. The van der Waals surface area contributed by atoms with Crippen LogP contribution in [0.4, 0.5) is 17.6 Å². The summed E-state index contributed by atoms with van der Waals surface area (Å²) in [5.74, 6) is -2.19. The van der Waals surface area contributed by atoms with Crippen LogP contribution in [0.2, 0.25) is 0 Å². The molecule has 0 saturated heterocycles. The van der Waals surface area contributed by atoms with Crippen molar-refractivity contribution in [2.24, 2.45) is 11.7 Å². The van der Waals surface area contributed by atoms with Gasteiger partial charge in [0, 0.05) is 27.8 Å². The minimum absolute atomic E-state index is 0.00659. The Kier molecular flexibility index (Phi) is 7.15. The number of nitrogens with zero attached hydrogens (tertiary/aromatic N) is 2. The van der Waals surface area contributed by atoms with Gasteiger partial charge in [-0.2, -0.15) is 13.2 Å². The molecule has 0 spiro atoms. The Morgan fingerprint density at radius 3 is 2.43 bits per heavy atom. The molecule has 2 amide bonds. The second kappa shape index (κ2) is 10.9. The number of nitrogens with one attached hydrogen (secondary N) is 1. The number of pyridine rings is 2. The molecule has 4 aromatic rings. The fourth-order valence-electron chi connectivity index (χ4n) is 6.14. The molecule has 9 nitrogen and oxygen atoms in total. The largest absolute Gasteiger partial charge is 0.489 e. The first kappa shape index (κ1) is 30.9. The summed E-state index contributed by atoms with van der Waals surface area (Å²) >= 11 is 0. The summed E-state index contributed by atoms with van der Waals surface area (Å²) in [6.07, 6.45) is -2.52. The summed E-state index contributed by atoms with van der Waals surface area (Å²) < 4.78 is 70.4. The van der Waals surface area contributed by atoms with Crippen molar-refractivity contribution in [1.29, 1.82) is 0 Å². The number of aromatic nitrogens is 2. The van der Waals surface area contributed by atoms with Gasteiger partial charge in [-0.3, -0.25) is 9.59 Å². The van der Waals surface area contributed by atoms with E-state index in [4.69, 9.17) is 15.2 Å². The summed E-state index contributed by atoms with van der Waals surface area (Å²) in [7, 11) is 0. The first-order valence-corrected chi connectivity index (χ1v) is 15.2. The third-order valence-electron chi connectivity index (χ3n) is 9.10. The lowest BCUT2D eigenvalue weighted by Gasteiger charge is -2.32. The van der Waals surface area contributed by atoms with E-state index in [1.165, 1.54) is 24.3 Å². The average Bonchev–Trinajstić information content (AvgIpc) is 3.98. The van der Waals surface area contributed by atoms with Gasteiger partial charge in [0.25, 0.3) is 5.91 Å². The lowest BCUT2D eigenvalue weighted by Crippen LogP contribution is -2.52. The molecule has 0 radical (unpaired) electrons. The zero-order valence-corrected chi connectivity index (χ0v) is 25.2. The zero-order valence-electron chi connectivity index (χ0n) is 25.2. The normalized spacial score (nSPS) is 20.3. The number of halogens is 4. The summed E-state index contributed by atoms with van der Waals surface area (Å²) in [4.78, 5) is 35.0. The summed E-state index contributed by atoms with van der Waals surface area (Å²) in [6, 6.07) is 12.2. The minimum atomic E-state index is -5.35. The molecule has 2 atom stereocenters. The van der Waals surface area contributed by atoms with Crippen LogP contribution in [0.15, 0.2) is 54.6 Å². The molecule has 3 heterocycles. The van der Waals surface area contributed by atoms with Gasteiger partial charge in [0.05, 0.1) is 18.3 Å². The SMILES string of the molecule is Cc1ccc2cc(C(=O)NC[C@](O)(c3cc4c(c(-c5ccc(F)cc5)n3)OC[C@@]4(C(N)=O)C3CC3)C(F)(F)F)cc(OC3CC3)c2n1. The van der Waals surface area contributed by atoms with Crippen LogP contribution in [0.3, 0.4) is 0 Å². The predicted octanol–water partition coefficient (Wildman–Crippen LogP) is 4.99. The minimum Gasteiger partial charge on any atom is -0.489 e. The number of aryl methyl sites for hydroxylation is 1. The van der Waals surface area contributed by atoms with Crippen molar-refractivity contribution in [2.75, 3.05) is 13.2 Å². The van der Waals surface area contributed by atoms with E-state index in [-0.39, 0.29) is 46.8 Å². The Balaban J connectivity index is 1.29. The topological polar surface area (TPSA) is 137 Å². The molecule has 7 rings (SSSR count). The highest BCUT2D eigenvalue weighted by atomic mass is 19.4. The predicted molar refractivity (Wildman–Crippen MR) is 161 cm³/mol. The molecule has 2 aliphatic carbocycles. The molecule has 4 N–H and O–H groups in total. The molecule has 1 aliphatic heterocycles. The standard InChI is InChI=1S/C34H30F4N4O5/c1-17-2-3-19-12-20(13-25(27(19)41-17)47-23-10-11-23)30(43)40-15-33(45,34(36,37)38)26-14-24-29(28(42-26)18-4-8-22(35)9-5-18)46-16-32(24,31(39)44)21-6-7-21/h2-5,8-9,12-14,21,23,45H,6-7,10-11,15-16H2,1H3,(H2,39,44)(H,40,43)/t32-,33+/m1/s1. The van der Waals surface area contributed by atoms with Gasteiger partial charge in [-0.1, -0.05) is 6.07 Å².